The number of thioether (sulfide) groups is 1. The molecule has 0 radical (unpaired) electrons. The van der Waals surface area contributed by atoms with Crippen molar-refractivity contribution in [1.29, 1.82) is 0 Å². The summed E-state index contributed by atoms with van der Waals surface area (Å²) < 4.78 is 35.1. The van der Waals surface area contributed by atoms with Gasteiger partial charge >= 0.3 is 7.75 Å². The fourth-order valence-electron chi connectivity index (χ4n) is 3.37. The number of fused-ring (bicyclic) bond motifs is 1. The van der Waals surface area contributed by atoms with E-state index in [1.54, 1.807) is 13.8 Å². The summed E-state index contributed by atoms with van der Waals surface area (Å²) in [6, 6.07) is 0. The molecule has 2 aromatic rings. The molecule has 1 aliphatic rings. The van der Waals surface area contributed by atoms with Crippen LogP contribution in [0.15, 0.2) is 6.33 Å². The SMILES string of the molecule is COc1nc(N)nc2c1ncn2C1O[C@H](COP(N)(=O)OCCSC(=O)C(C)(C)CO)C(O)[C@]1(C)O. The fraction of sp³-hybridized carbons (Fsp3) is 0.684. The Balaban J connectivity index is 1.63. The summed E-state index contributed by atoms with van der Waals surface area (Å²) in [5.41, 5.74) is 9.04. The van der Waals surface area contributed by atoms with Crippen molar-refractivity contribution in [2.45, 2.75) is 44.8 Å². The number of aliphatic hydroxyl groups excluding tert-OH is 2. The molecule has 1 saturated heterocycles. The Bertz CT molecular complexity index is 1150. The van der Waals surface area contributed by atoms with E-state index < -0.39 is 43.8 Å². The Hall–Kier alpha value is -1.88. The minimum atomic E-state index is -4.08. The number of nitrogens with two attached hydrogens (primary N) is 2. The highest BCUT2D eigenvalue weighted by Gasteiger charge is 2.54. The summed E-state index contributed by atoms with van der Waals surface area (Å²) in [6.07, 6.45) is -2.48. The molecular weight excluding hydrogens is 519 g/mol. The molecule has 1 aliphatic heterocycles. The highest BCUT2D eigenvalue weighted by molar-refractivity contribution is 8.13. The van der Waals surface area contributed by atoms with Gasteiger partial charge in [-0.15, -0.1) is 0 Å². The first-order chi connectivity index (χ1) is 16.7. The van der Waals surface area contributed by atoms with Crippen molar-refractivity contribution in [3.8, 4) is 5.88 Å². The first-order valence-corrected chi connectivity index (χ1v) is 13.4. The predicted molar refractivity (Wildman–Crippen MR) is 129 cm³/mol. The highest BCUT2D eigenvalue weighted by atomic mass is 32.2. The second-order valence-corrected chi connectivity index (χ2v) is 11.6. The molecule has 5 atom stereocenters. The average molecular weight is 551 g/mol. The standard InChI is InChI=1S/C19H31N6O9PS/c1-18(2,8-26)16(28)36-6-5-32-35(21,30)33-7-10-12(27)19(3,29)15(34-10)25-9-22-11-13(25)23-17(20)24-14(11)31-4/h9-10,12,15,26-27,29H,5-8H2,1-4H3,(H2,21,30)(H2,20,23,24)/t10-,12?,15?,19+,35?/m1/s1. The van der Waals surface area contributed by atoms with Gasteiger partial charge in [0.15, 0.2) is 22.5 Å². The maximum absolute atomic E-state index is 12.5. The van der Waals surface area contributed by atoms with Crippen molar-refractivity contribution >= 4 is 41.7 Å². The maximum atomic E-state index is 12.5. The average Bonchev–Trinajstić information content (AvgIpc) is 3.32. The molecule has 1 fully saturated rings. The number of ether oxygens (including phenoxy) is 2. The predicted octanol–water partition coefficient (Wildman–Crippen LogP) is -0.195. The minimum Gasteiger partial charge on any atom is -0.479 e. The van der Waals surface area contributed by atoms with Crippen LogP contribution in [-0.4, -0.2) is 90.4 Å². The molecule has 202 valence electrons. The van der Waals surface area contributed by atoms with Gasteiger partial charge in [0.05, 0.1) is 38.7 Å². The van der Waals surface area contributed by atoms with Crippen LogP contribution in [0, 0.1) is 5.41 Å². The fourth-order valence-corrected chi connectivity index (χ4v) is 5.08. The number of nitrogens with zero attached hydrogens (tertiary/aromatic N) is 4. The van der Waals surface area contributed by atoms with E-state index in [1.165, 1.54) is 24.9 Å². The summed E-state index contributed by atoms with van der Waals surface area (Å²) in [6.45, 7) is 3.59. The van der Waals surface area contributed by atoms with Crippen LogP contribution in [0.2, 0.25) is 0 Å². The number of carbonyl (C=O) groups is 1. The first-order valence-electron chi connectivity index (χ1n) is 10.8. The van der Waals surface area contributed by atoms with Crippen molar-refractivity contribution in [2.24, 2.45) is 10.9 Å². The van der Waals surface area contributed by atoms with Crippen LogP contribution in [0.4, 0.5) is 5.95 Å². The van der Waals surface area contributed by atoms with Crippen LogP contribution >= 0.6 is 19.5 Å². The molecule has 17 heteroatoms. The molecule has 15 nitrogen and oxygen atoms in total. The first kappa shape index (κ1) is 28.7. The maximum Gasteiger partial charge on any atom is 0.402 e. The summed E-state index contributed by atoms with van der Waals surface area (Å²) in [5.74, 6) is 0.157. The number of aliphatic hydroxyl groups is 3. The summed E-state index contributed by atoms with van der Waals surface area (Å²) in [4.78, 5) is 24.2. The van der Waals surface area contributed by atoms with Gasteiger partial charge in [0.1, 0.15) is 17.8 Å². The number of hydrogen-bond donors (Lipinski definition) is 5. The third kappa shape index (κ3) is 5.98. The number of rotatable bonds is 11. The molecule has 2 aromatic heterocycles. The quantitative estimate of drug-likeness (QED) is 0.180. The number of hydrogen-bond acceptors (Lipinski definition) is 14. The largest absolute Gasteiger partial charge is 0.479 e. The van der Waals surface area contributed by atoms with Crippen molar-refractivity contribution in [3.05, 3.63) is 6.33 Å². The second kappa shape index (κ2) is 10.8. The van der Waals surface area contributed by atoms with E-state index >= 15 is 0 Å². The number of nitrogen functional groups attached to an aromatic ring is 1. The molecule has 3 rings (SSSR count). The zero-order valence-corrected chi connectivity index (χ0v) is 21.9. The number of methoxy groups -OCH3 is 1. The van der Waals surface area contributed by atoms with Crippen LogP contribution < -0.4 is 16.0 Å². The number of imidazole rings is 1. The lowest BCUT2D eigenvalue weighted by Gasteiger charge is -2.27. The van der Waals surface area contributed by atoms with Crippen LogP contribution in [-0.2, 0) is 23.1 Å². The molecule has 7 N–H and O–H groups in total. The Morgan fingerprint density at radius 3 is 2.72 bits per heavy atom. The molecule has 0 spiro atoms. The molecule has 0 aromatic carbocycles. The summed E-state index contributed by atoms with van der Waals surface area (Å²) in [5, 5.41) is 30.6. The van der Waals surface area contributed by atoms with Gasteiger partial charge in [-0.3, -0.25) is 18.4 Å². The van der Waals surface area contributed by atoms with E-state index in [0.717, 1.165) is 11.8 Å². The van der Waals surface area contributed by atoms with Gasteiger partial charge in [-0.05, 0) is 20.8 Å². The molecule has 0 amide bonds. The Morgan fingerprint density at radius 2 is 2.08 bits per heavy atom. The van der Waals surface area contributed by atoms with Crippen molar-refractivity contribution in [3.63, 3.8) is 0 Å². The lowest BCUT2D eigenvalue weighted by Crippen LogP contribution is -2.44. The van der Waals surface area contributed by atoms with Crippen molar-refractivity contribution in [1.82, 2.24) is 19.5 Å². The van der Waals surface area contributed by atoms with Gasteiger partial charge in [0.2, 0.25) is 11.8 Å². The monoisotopic (exact) mass is 550 g/mol. The highest BCUT2D eigenvalue weighted by Crippen LogP contribution is 2.44. The van der Waals surface area contributed by atoms with Crippen molar-refractivity contribution < 1.29 is 43.2 Å². The number of aromatic nitrogens is 4. The van der Waals surface area contributed by atoms with Gasteiger partial charge in [-0.1, -0.05) is 11.8 Å². The smallest absolute Gasteiger partial charge is 0.402 e. The lowest BCUT2D eigenvalue weighted by molar-refractivity contribution is -0.119. The van der Waals surface area contributed by atoms with E-state index in [0.29, 0.717) is 0 Å². The van der Waals surface area contributed by atoms with E-state index in [9.17, 15) is 24.7 Å². The molecule has 0 aliphatic carbocycles. The topological polar surface area (TPSA) is 227 Å². The Kier molecular flexibility index (Phi) is 8.65. The molecule has 0 saturated carbocycles. The lowest BCUT2D eigenvalue weighted by atomic mass is 9.96. The molecule has 0 bridgehead atoms. The van der Waals surface area contributed by atoms with Gasteiger partial charge in [0.25, 0.3) is 0 Å². The Labute approximate surface area is 211 Å². The van der Waals surface area contributed by atoms with Gasteiger partial charge in [-0.2, -0.15) is 9.97 Å². The van der Waals surface area contributed by atoms with Crippen LogP contribution in [0.5, 0.6) is 5.88 Å². The third-order valence-corrected chi connectivity index (χ3v) is 7.80. The third-order valence-electron chi connectivity index (χ3n) is 5.56. The van der Waals surface area contributed by atoms with Crippen LogP contribution in [0.25, 0.3) is 11.2 Å². The van der Waals surface area contributed by atoms with Crippen LogP contribution in [0.3, 0.4) is 0 Å². The minimum absolute atomic E-state index is 0.0971. The summed E-state index contributed by atoms with van der Waals surface area (Å²) >= 11 is 0.905. The van der Waals surface area contributed by atoms with E-state index in [1.807, 2.05) is 0 Å². The van der Waals surface area contributed by atoms with E-state index in [-0.39, 0.29) is 47.1 Å². The zero-order valence-electron chi connectivity index (χ0n) is 20.2. The molecular formula is C19H31N6O9PS. The Morgan fingerprint density at radius 1 is 1.39 bits per heavy atom. The van der Waals surface area contributed by atoms with Gasteiger partial charge in [-0.25, -0.2) is 15.1 Å². The zero-order chi connectivity index (χ0) is 26.9. The van der Waals surface area contributed by atoms with Gasteiger partial charge < -0.3 is 30.5 Å². The molecule has 3 unspecified atom stereocenters. The summed E-state index contributed by atoms with van der Waals surface area (Å²) in [7, 11) is -2.69. The van der Waals surface area contributed by atoms with E-state index in [2.05, 4.69) is 15.0 Å². The number of anilines is 1. The molecule has 3 heterocycles. The van der Waals surface area contributed by atoms with Crippen molar-refractivity contribution in [2.75, 3.05) is 38.4 Å². The molecule has 36 heavy (non-hydrogen) atoms. The normalized spacial score (nSPS) is 26.3. The van der Waals surface area contributed by atoms with Gasteiger partial charge in [0, 0.05) is 5.75 Å². The van der Waals surface area contributed by atoms with E-state index in [4.69, 9.17) is 29.8 Å². The number of carbonyl (C=O) groups excluding carboxylic acids is 1. The van der Waals surface area contributed by atoms with Crippen LogP contribution in [0.1, 0.15) is 27.0 Å². The second-order valence-electron chi connectivity index (χ2n) is 8.96.